The fraction of sp³-hybridized carbons (Fsp3) is 1.00. The predicted octanol–water partition coefficient (Wildman–Crippen LogP) is 6.53. The number of hydrogen-bond donors (Lipinski definition) is 0. The van der Waals surface area contributed by atoms with E-state index in [0.717, 1.165) is 5.16 Å². The lowest BCUT2D eigenvalue weighted by Gasteiger charge is -2.37. The summed E-state index contributed by atoms with van der Waals surface area (Å²) in [4.78, 5) is 0. The van der Waals surface area contributed by atoms with Crippen molar-refractivity contribution in [2.24, 2.45) is 0 Å². The van der Waals surface area contributed by atoms with E-state index in [9.17, 15) is 0 Å². The van der Waals surface area contributed by atoms with Gasteiger partial charge in [-0.05, 0) is 37.0 Å². The van der Waals surface area contributed by atoms with Crippen LogP contribution in [-0.4, -0.2) is 11.3 Å². The van der Waals surface area contributed by atoms with Crippen molar-refractivity contribution in [2.75, 3.05) is 6.16 Å². The second-order valence-corrected chi connectivity index (χ2v) is 8.20. The summed E-state index contributed by atoms with van der Waals surface area (Å²) in [6.07, 6.45) is 20.9. The van der Waals surface area contributed by atoms with E-state index in [-0.39, 0.29) is 0 Å². The average molecular weight is 270 g/mol. The van der Waals surface area contributed by atoms with Gasteiger partial charge in [-0.2, -0.15) is 0 Å². The minimum atomic E-state index is 0.802. The van der Waals surface area contributed by atoms with Gasteiger partial charge >= 0.3 is 0 Å². The first-order valence-electron chi connectivity index (χ1n) is 8.58. The SMILES string of the molecule is CCCCCCCCPC1(CCC)CCCCC1. The quantitative estimate of drug-likeness (QED) is 0.313. The Morgan fingerprint density at radius 3 is 2.11 bits per heavy atom. The van der Waals surface area contributed by atoms with Gasteiger partial charge in [-0.15, -0.1) is 8.58 Å². The minimum absolute atomic E-state index is 0.802. The topological polar surface area (TPSA) is 0 Å². The fourth-order valence-electron chi connectivity index (χ4n) is 3.48. The molecule has 18 heavy (non-hydrogen) atoms. The molecule has 0 saturated heterocycles. The molecule has 1 unspecified atom stereocenters. The number of hydrogen-bond acceptors (Lipinski definition) is 0. The molecule has 108 valence electrons. The Labute approximate surface area is 117 Å². The lowest BCUT2D eigenvalue weighted by atomic mass is 9.85. The molecule has 0 aromatic carbocycles. The standard InChI is InChI=1S/C17H35P/c1-3-5-6-7-8-12-16-18-17(13-4-2)14-10-9-11-15-17/h18H,3-16H2,1-2H3. The summed E-state index contributed by atoms with van der Waals surface area (Å²) in [5, 5.41) is 0.802. The number of unbranched alkanes of at least 4 members (excludes halogenated alkanes) is 5. The van der Waals surface area contributed by atoms with E-state index in [0.29, 0.717) is 0 Å². The van der Waals surface area contributed by atoms with Gasteiger partial charge in [0, 0.05) is 0 Å². The predicted molar refractivity (Wildman–Crippen MR) is 87.3 cm³/mol. The third-order valence-electron chi connectivity index (χ3n) is 4.57. The highest BCUT2D eigenvalue weighted by Crippen LogP contribution is 2.47. The highest BCUT2D eigenvalue weighted by molar-refractivity contribution is 7.40. The lowest BCUT2D eigenvalue weighted by Crippen LogP contribution is -2.26. The van der Waals surface area contributed by atoms with Gasteiger partial charge in [0.1, 0.15) is 0 Å². The van der Waals surface area contributed by atoms with Crippen molar-refractivity contribution in [1.29, 1.82) is 0 Å². The van der Waals surface area contributed by atoms with Crippen molar-refractivity contribution in [3.8, 4) is 0 Å². The Hall–Kier alpha value is 0.430. The monoisotopic (exact) mass is 270 g/mol. The largest absolute Gasteiger partial charge is 0.116 e. The van der Waals surface area contributed by atoms with Crippen LogP contribution in [0.25, 0.3) is 0 Å². The summed E-state index contributed by atoms with van der Waals surface area (Å²) in [6.45, 7) is 4.69. The third-order valence-corrected chi connectivity index (χ3v) is 6.67. The Morgan fingerprint density at radius 2 is 1.44 bits per heavy atom. The van der Waals surface area contributed by atoms with Crippen LogP contribution < -0.4 is 0 Å². The van der Waals surface area contributed by atoms with Crippen LogP contribution in [0, 0.1) is 0 Å². The maximum absolute atomic E-state index is 2.38. The Morgan fingerprint density at radius 1 is 0.778 bits per heavy atom. The van der Waals surface area contributed by atoms with Crippen LogP contribution in [0.4, 0.5) is 0 Å². The van der Waals surface area contributed by atoms with Gasteiger partial charge in [-0.25, -0.2) is 0 Å². The molecule has 0 nitrogen and oxygen atoms in total. The molecule has 1 aliphatic rings. The van der Waals surface area contributed by atoms with Crippen molar-refractivity contribution in [1.82, 2.24) is 0 Å². The smallest absolute Gasteiger partial charge is 0.0122 e. The second kappa shape index (κ2) is 10.2. The second-order valence-electron chi connectivity index (χ2n) is 6.29. The van der Waals surface area contributed by atoms with Crippen LogP contribution in [0.3, 0.4) is 0 Å². The van der Waals surface area contributed by atoms with E-state index in [1.165, 1.54) is 85.4 Å². The first-order chi connectivity index (χ1) is 8.83. The van der Waals surface area contributed by atoms with E-state index >= 15 is 0 Å². The average Bonchev–Trinajstić information content (AvgIpc) is 2.39. The molecule has 1 fully saturated rings. The van der Waals surface area contributed by atoms with E-state index in [4.69, 9.17) is 0 Å². The summed E-state index contributed by atoms with van der Waals surface area (Å²) in [6, 6.07) is 0. The molecule has 0 radical (unpaired) electrons. The summed E-state index contributed by atoms with van der Waals surface area (Å²) < 4.78 is 0. The molecule has 1 heteroatoms. The lowest BCUT2D eigenvalue weighted by molar-refractivity contribution is 0.371. The molecule has 0 spiro atoms. The molecule has 0 aromatic heterocycles. The van der Waals surface area contributed by atoms with Crippen molar-refractivity contribution < 1.29 is 0 Å². The molecule has 1 rings (SSSR count). The Bertz CT molecular complexity index is 177. The molecule has 0 amide bonds. The van der Waals surface area contributed by atoms with Crippen LogP contribution in [-0.2, 0) is 0 Å². The maximum atomic E-state index is 2.38. The minimum Gasteiger partial charge on any atom is -0.116 e. The molecule has 1 aliphatic carbocycles. The van der Waals surface area contributed by atoms with E-state index < -0.39 is 0 Å². The molecule has 0 aliphatic heterocycles. The molecule has 1 atom stereocenters. The Balaban J connectivity index is 2.10. The number of rotatable bonds is 10. The van der Waals surface area contributed by atoms with Gasteiger partial charge in [-0.3, -0.25) is 0 Å². The summed E-state index contributed by atoms with van der Waals surface area (Å²) in [7, 11) is 1.27. The molecular weight excluding hydrogens is 235 g/mol. The van der Waals surface area contributed by atoms with Crippen LogP contribution in [0.5, 0.6) is 0 Å². The molecule has 0 bridgehead atoms. The summed E-state index contributed by atoms with van der Waals surface area (Å²) >= 11 is 0. The van der Waals surface area contributed by atoms with Crippen molar-refractivity contribution in [3.05, 3.63) is 0 Å². The zero-order valence-corrected chi connectivity index (χ0v) is 13.9. The van der Waals surface area contributed by atoms with Gasteiger partial charge in [0.2, 0.25) is 0 Å². The van der Waals surface area contributed by atoms with Gasteiger partial charge in [0.05, 0.1) is 0 Å². The normalized spacial score (nSPS) is 19.7. The maximum Gasteiger partial charge on any atom is -0.0122 e. The molecule has 0 heterocycles. The zero-order chi connectivity index (χ0) is 13.1. The van der Waals surface area contributed by atoms with Gasteiger partial charge in [-0.1, -0.05) is 71.6 Å². The van der Waals surface area contributed by atoms with Crippen LogP contribution in [0.2, 0.25) is 0 Å². The first kappa shape index (κ1) is 16.5. The zero-order valence-electron chi connectivity index (χ0n) is 12.9. The van der Waals surface area contributed by atoms with Crippen molar-refractivity contribution in [3.63, 3.8) is 0 Å². The molecular formula is C17H35P. The van der Waals surface area contributed by atoms with Crippen LogP contribution in [0.15, 0.2) is 0 Å². The summed E-state index contributed by atoms with van der Waals surface area (Å²) in [5.41, 5.74) is 0. The third kappa shape index (κ3) is 6.55. The Kier molecular flexibility index (Phi) is 9.38. The van der Waals surface area contributed by atoms with Crippen LogP contribution >= 0.6 is 8.58 Å². The fourth-order valence-corrected chi connectivity index (χ4v) is 5.57. The van der Waals surface area contributed by atoms with Crippen molar-refractivity contribution in [2.45, 2.75) is 102 Å². The highest BCUT2D eigenvalue weighted by atomic mass is 31.1. The van der Waals surface area contributed by atoms with E-state index in [1.807, 2.05) is 0 Å². The van der Waals surface area contributed by atoms with E-state index in [2.05, 4.69) is 13.8 Å². The van der Waals surface area contributed by atoms with Gasteiger partial charge in [0.15, 0.2) is 0 Å². The van der Waals surface area contributed by atoms with Crippen molar-refractivity contribution >= 4 is 8.58 Å². The van der Waals surface area contributed by atoms with Gasteiger partial charge < -0.3 is 0 Å². The van der Waals surface area contributed by atoms with Gasteiger partial charge in [0.25, 0.3) is 0 Å². The molecule has 0 N–H and O–H groups in total. The molecule has 0 aromatic rings. The summed E-state index contributed by atoms with van der Waals surface area (Å²) in [5.74, 6) is 0. The van der Waals surface area contributed by atoms with E-state index in [1.54, 1.807) is 12.8 Å². The molecule has 1 saturated carbocycles. The first-order valence-corrected chi connectivity index (χ1v) is 9.79. The highest BCUT2D eigenvalue weighted by Gasteiger charge is 2.30. The van der Waals surface area contributed by atoms with Crippen LogP contribution in [0.1, 0.15) is 97.3 Å².